The summed E-state index contributed by atoms with van der Waals surface area (Å²) in [6.07, 6.45) is 2.39. The first-order valence-electron chi connectivity index (χ1n) is 22.0. The van der Waals surface area contributed by atoms with Gasteiger partial charge in [-0.05, 0) is 121 Å². The Kier molecular flexibility index (Phi) is 6.58. The molecular formula is C56H49BN2S. The maximum Gasteiger partial charge on any atom is 0.333 e. The highest BCUT2D eigenvalue weighted by Gasteiger charge is 2.52. The second-order valence-electron chi connectivity index (χ2n) is 20.7. The highest BCUT2D eigenvalue weighted by Crippen LogP contribution is 2.61. The molecule has 60 heavy (non-hydrogen) atoms. The van der Waals surface area contributed by atoms with Crippen molar-refractivity contribution >= 4 is 77.7 Å². The number of fused-ring (bicyclic) bond motifs is 15. The highest BCUT2D eigenvalue weighted by atomic mass is 32.1. The number of rotatable bonds is 1. The average molecular weight is 793 g/mol. The van der Waals surface area contributed by atoms with Gasteiger partial charge in [-0.2, -0.15) is 0 Å². The van der Waals surface area contributed by atoms with Crippen molar-refractivity contribution in [2.24, 2.45) is 0 Å². The van der Waals surface area contributed by atoms with E-state index < -0.39 is 0 Å². The van der Waals surface area contributed by atoms with Crippen LogP contribution in [-0.2, 0) is 21.7 Å². The van der Waals surface area contributed by atoms with Crippen LogP contribution in [0.1, 0.15) is 102 Å². The molecule has 7 aromatic carbocycles. The van der Waals surface area contributed by atoms with Crippen molar-refractivity contribution in [2.45, 2.75) is 89.9 Å². The Morgan fingerprint density at radius 3 is 2.02 bits per heavy atom. The average Bonchev–Trinajstić information content (AvgIpc) is 3.73. The number of thiophene rings is 1. The van der Waals surface area contributed by atoms with E-state index >= 15 is 0 Å². The van der Waals surface area contributed by atoms with Crippen molar-refractivity contribution in [1.82, 2.24) is 0 Å². The predicted molar refractivity (Wildman–Crippen MR) is 258 cm³/mol. The summed E-state index contributed by atoms with van der Waals surface area (Å²) < 4.78 is 2.72. The van der Waals surface area contributed by atoms with Gasteiger partial charge in [0, 0.05) is 48.9 Å². The standard InChI is InChI=1S/C56H49BN2S/c1-53(2)28-29-54(3,4)42-30-32(24-25-38(42)53)59-45-27-26-40-47(34-17-9-11-18-37(34)55(40,5)6)48(45)36-31-35-33-16-10-14-23-46(33)60-52(35)51-49(36)57(59)43-21-15-20-41-50(43)58(51)44-22-13-12-19-39(44)56(41,7)8/h9-27,30-31H,28-29H2,1-8H3. The van der Waals surface area contributed by atoms with Crippen molar-refractivity contribution < 1.29 is 0 Å². The van der Waals surface area contributed by atoms with E-state index in [9.17, 15) is 0 Å². The minimum absolute atomic E-state index is 0.0372. The molecule has 0 bridgehead atoms. The first-order valence-corrected chi connectivity index (χ1v) is 22.8. The fraction of sp³-hybridized carbons (Fsp3) is 0.250. The quantitative estimate of drug-likeness (QED) is 0.153. The van der Waals surface area contributed by atoms with Crippen LogP contribution in [0.25, 0.3) is 42.4 Å². The zero-order chi connectivity index (χ0) is 40.8. The van der Waals surface area contributed by atoms with Gasteiger partial charge in [0.15, 0.2) is 0 Å². The number of nitrogens with zero attached hydrogens (tertiary/aromatic N) is 2. The summed E-state index contributed by atoms with van der Waals surface area (Å²) in [6, 6.07) is 49.9. The summed E-state index contributed by atoms with van der Waals surface area (Å²) in [7, 11) is 0. The Hall–Kier alpha value is -5.58. The van der Waals surface area contributed by atoms with E-state index in [1.54, 1.807) is 0 Å². The number of anilines is 5. The lowest BCUT2D eigenvalue weighted by Gasteiger charge is -2.51. The largest absolute Gasteiger partial charge is 0.376 e. The van der Waals surface area contributed by atoms with Crippen molar-refractivity contribution in [3.8, 4) is 22.3 Å². The second-order valence-corrected chi connectivity index (χ2v) is 21.8. The molecule has 2 aliphatic carbocycles. The number of benzene rings is 7. The van der Waals surface area contributed by atoms with Crippen LogP contribution >= 0.6 is 11.3 Å². The maximum absolute atomic E-state index is 2.78. The van der Waals surface area contributed by atoms with Crippen LogP contribution in [0.3, 0.4) is 0 Å². The SMILES string of the molecule is CC1(C)CCC(C)(C)c2cc(N3B4c5cccc6c5N(c5ccccc5C6(C)C)c5c4c(cc4c5sc5ccccc54)-c4c3ccc3c4-c4ccccc4C3(C)C)ccc21. The van der Waals surface area contributed by atoms with Gasteiger partial charge in [0.25, 0.3) is 0 Å². The van der Waals surface area contributed by atoms with Crippen molar-refractivity contribution in [3.05, 3.63) is 161 Å². The Labute approximate surface area is 358 Å². The molecule has 2 nitrogen and oxygen atoms in total. The Balaban J connectivity index is 1.24. The lowest BCUT2D eigenvalue weighted by atomic mass is 9.42. The van der Waals surface area contributed by atoms with Gasteiger partial charge in [0.2, 0.25) is 0 Å². The van der Waals surface area contributed by atoms with Crippen LogP contribution in [0, 0.1) is 0 Å². The Morgan fingerprint density at radius 1 is 0.500 bits per heavy atom. The predicted octanol–water partition coefficient (Wildman–Crippen LogP) is 14.1. The van der Waals surface area contributed by atoms with Gasteiger partial charge in [0.1, 0.15) is 0 Å². The van der Waals surface area contributed by atoms with E-state index in [2.05, 4.69) is 192 Å². The fourth-order valence-electron chi connectivity index (χ4n) is 12.6. The second kappa shape index (κ2) is 11.2. The third-order valence-corrected chi connectivity index (χ3v) is 17.1. The molecule has 0 saturated heterocycles. The van der Waals surface area contributed by atoms with E-state index in [0.717, 1.165) is 0 Å². The molecule has 3 aliphatic heterocycles. The van der Waals surface area contributed by atoms with Gasteiger partial charge in [-0.15, -0.1) is 11.3 Å². The molecule has 0 saturated carbocycles. The third-order valence-electron chi connectivity index (χ3n) is 15.9. The first-order chi connectivity index (χ1) is 28.8. The van der Waals surface area contributed by atoms with E-state index in [4.69, 9.17) is 0 Å². The van der Waals surface area contributed by atoms with Gasteiger partial charge >= 0.3 is 6.85 Å². The van der Waals surface area contributed by atoms with Crippen LogP contribution < -0.4 is 20.6 Å². The minimum Gasteiger partial charge on any atom is -0.376 e. The van der Waals surface area contributed by atoms with E-state index in [1.165, 1.54) is 128 Å². The van der Waals surface area contributed by atoms with Crippen molar-refractivity contribution in [3.63, 3.8) is 0 Å². The summed E-state index contributed by atoms with van der Waals surface area (Å²) >= 11 is 1.97. The maximum atomic E-state index is 2.78. The number of para-hydroxylation sites is 2. The topological polar surface area (TPSA) is 6.48 Å². The molecule has 5 aliphatic rings. The molecule has 0 N–H and O–H groups in total. The normalized spacial score (nSPS) is 18.6. The minimum atomic E-state index is -0.179. The third kappa shape index (κ3) is 4.17. The zero-order valence-electron chi connectivity index (χ0n) is 35.9. The van der Waals surface area contributed by atoms with Gasteiger partial charge in [0.05, 0.1) is 16.1 Å². The first kappa shape index (κ1) is 35.2. The molecule has 0 spiro atoms. The molecule has 0 amide bonds. The van der Waals surface area contributed by atoms with Crippen LogP contribution in [-0.4, -0.2) is 6.85 Å². The molecular weight excluding hydrogens is 744 g/mol. The summed E-state index contributed by atoms with van der Waals surface area (Å²) in [6.45, 7) is 19.5. The van der Waals surface area contributed by atoms with Crippen LogP contribution in [0.4, 0.5) is 28.4 Å². The number of hydrogen-bond acceptors (Lipinski definition) is 3. The molecule has 0 atom stereocenters. The Morgan fingerprint density at radius 2 is 1.18 bits per heavy atom. The summed E-state index contributed by atoms with van der Waals surface area (Å²) in [5.74, 6) is 0. The molecule has 8 aromatic rings. The fourth-order valence-corrected chi connectivity index (χ4v) is 13.9. The number of hydrogen-bond donors (Lipinski definition) is 0. The van der Waals surface area contributed by atoms with Crippen LogP contribution in [0.5, 0.6) is 0 Å². The van der Waals surface area contributed by atoms with E-state index in [1.807, 2.05) is 11.3 Å². The summed E-state index contributed by atoms with van der Waals surface area (Å²) in [5, 5.41) is 2.70. The van der Waals surface area contributed by atoms with Crippen molar-refractivity contribution in [1.29, 1.82) is 0 Å². The molecule has 13 rings (SSSR count). The zero-order valence-corrected chi connectivity index (χ0v) is 36.7. The van der Waals surface area contributed by atoms with Gasteiger partial charge in [-0.25, -0.2) is 0 Å². The molecule has 292 valence electrons. The van der Waals surface area contributed by atoms with Gasteiger partial charge in [-0.3, -0.25) is 0 Å². The highest BCUT2D eigenvalue weighted by molar-refractivity contribution is 7.26. The molecule has 4 heterocycles. The van der Waals surface area contributed by atoms with Gasteiger partial charge < -0.3 is 9.71 Å². The molecule has 0 unspecified atom stereocenters. The van der Waals surface area contributed by atoms with E-state index in [0.29, 0.717) is 0 Å². The molecule has 1 aromatic heterocycles. The molecule has 4 heteroatoms. The summed E-state index contributed by atoms with van der Waals surface area (Å²) in [5.41, 5.74) is 23.4. The summed E-state index contributed by atoms with van der Waals surface area (Å²) in [4.78, 5) is 5.49. The molecule has 0 radical (unpaired) electrons. The van der Waals surface area contributed by atoms with E-state index in [-0.39, 0.29) is 28.5 Å². The molecule has 0 fully saturated rings. The lowest BCUT2D eigenvalue weighted by Crippen LogP contribution is -2.62. The Bertz CT molecular complexity index is 3250. The monoisotopic (exact) mass is 792 g/mol. The van der Waals surface area contributed by atoms with Crippen LogP contribution in [0.15, 0.2) is 127 Å². The lowest BCUT2D eigenvalue weighted by molar-refractivity contribution is 0.332. The van der Waals surface area contributed by atoms with Crippen molar-refractivity contribution in [2.75, 3.05) is 9.71 Å². The van der Waals surface area contributed by atoms with Gasteiger partial charge in [-0.1, -0.05) is 146 Å². The smallest absolute Gasteiger partial charge is 0.333 e. The van der Waals surface area contributed by atoms with Crippen LogP contribution in [0.2, 0.25) is 0 Å².